The molecule has 1 fully saturated rings. The van der Waals surface area contributed by atoms with Crippen molar-refractivity contribution in [2.45, 2.75) is 70.9 Å². The van der Waals surface area contributed by atoms with Crippen LogP contribution in [0.3, 0.4) is 0 Å². The van der Waals surface area contributed by atoms with Gasteiger partial charge in [0.25, 0.3) is 0 Å². The van der Waals surface area contributed by atoms with Crippen LogP contribution in [0.15, 0.2) is 0 Å². The maximum atomic E-state index is 12.3. The highest BCUT2D eigenvalue weighted by Gasteiger charge is 2.39. The molecule has 0 saturated carbocycles. The van der Waals surface area contributed by atoms with Crippen molar-refractivity contribution >= 4 is 5.91 Å². The van der Waals surface area contributed by atoms with Crippen LogP contribution >= 0.6 is 0 Å². The van der Waals surface area contributed by atoms with Crippen molar-refractivity contribution < 1.29 is 9.53 Å². The fourth-order valence-electron chi connectivity index (χ4n) is 2.67. The zero-order valence-electron chi connectivity index (χ0n) is 12.8. The number of unbranched alkanes of at least 4 members (excludes halogenated alkanes) is 1. The molecule has 1 unspecified atom stereocenters. The SMILES string of the molecule is CCCC1(C(=O)NCCCCOC(C)C)CCCN1. The quantitative estimate of drug-likeness (QED) is 0.632. The fourth-order valence-corrected chi connectivity index (χ4v) is 2.67. The van der Waals surface area contributed by atoms with Gasteiger partial charge in [-0.2, -0.15) is 0 Å². The highest BCUT2D eigenvalue weighted by molar-refractivity contribution is 5.86. The molecule has 0 bridgehead atoms. The summed E-state index contributed by atoms with van der Waals surface area (Å²) in [6.45, 7) is 8.73. The van der Waals surface area contributed by atoms with E-state index in [1.165, 1.54) is 0 Å². The molecule has 112 valence electrons. The fraction of sp³-hybridized carbons (Fsp3) is 0.933. The van der Waals surface area contributed by atoms with E-state index >= 15 is 0 Å². The molecular weight excluding hydrogens is 240 g/mol. The van der Waals surface area contributed by atoms with Crippen molar-refractivity contribution in [1.29, 1.82) is 0 Å². The van der Waals surface area contributed by atoms with Gasteiger partial charge < -0.3 is 15.4 Å². The second-order valence-corrected chi connectivity index (χ2v) is 5.74. The third-order valence-corrected chi connectivity index (χ3v) is 3.66. The lowest BCUT2D eigenvalue weighted by Crippen LogP contribution is -2.53. The van der Waals surface area contributed by atoms with Crippen LogP contribution in [0.25, 0.3) is 0 Å². The Morgan fingerprint density at radius 2 is 2.21 bits per heavy atom. The minimum Gasteiger partial charge on any atom is -0.379 e. The first-order valence-electron chi connectivity index (χ1n) is 7.75. The Hall–Kier alpha value is -0.610. The first kappa shape index (κ1) is 16.4. The van der Waals surface area contributed by atoms with E-state index in [1.54, 1.807) is 0 Å². The number of rotatable bonds is 9. The first-order valence-corrected chi connectivity index (χ1v) is 7.75. The zero-order chi connectivity index (χ0) is 14.1. The molecule has 0 aromatic heterocycles. The Morgan fingerprint density at radius 3 is 2.79 bits per heavy atom. The largest absolute Gasteiger partial charge is 0.379 e. The zero-order valence-corrected chi connectivity index (χ0v) is 12.8. The van der Waals surface area contributed by atoms with E-state index in [0.29, 0.717) is 6.10 Å². The van der Waals surface area contributed by atoms with Crippen molar-refractivity contribution in [2.24, 2.45) is 0 Å². The van der Waals surface area contributed by atoms with Gasteiger partial charge in [-0.25, -0.2) is 0 Å². The van der Waals surface area contributed by atoms with Gasteiger partial charge >= 0.3 is 0 Å². The van der Waals surface area contributed by atoms with Gasteiger partial charge in [0.05, 0.1) is 11.6 Å². The summed E-state index contributed by atoms with van der Waals surface area (Å²) in [7, 11) is 0. The number of carbonyl (C=O) groups excluding carboxylic acids is 1. The molecule has 1 atom stereocenters. The summed E-state index contributed by atoms with van der Waals surface area (Å²) in [6.07, 6.45) is 6.36. The number of hydrogen-bond donors (Lipinski definition) is 2. The van der Waals surface area contributed by atoms with Gasteiger partial charge in [-0.3, -0.25) is 4.79 Å². The topological polar surface area (TPSA) is 50.4 Å². The highest BCUT2D eigenvalue weighted by Crippen LogP contribution is 2.24. The second-order valence-electron chi connectivity index (χ2n) is 5.74. The molecule has 0 aromatic rings. The number of ether oxygens (including phenoxy) is 1. The molecule has 1 rings (SSSR count). The summed E-state index contributed by atoms with van der Waals surface area (Å²) >= 11 is 0. The van der Waals surface area contributed by atoms with E-state index in [-0.39, 0.29) is 11.4 Å². The lowest BCUT2D eigenvalue weighted by atomic mass is 9.91. The summed E-state index contributed by atoms with van der Waals surface area (Å²) in [4.78, 5) is 12.3. The van der Waals surface area contributed by atoms with Crippen molar-refractivity contribution in [3.63, 3.8) is 0 Å². The van der Waals surface area contributed by atoms with E-state index in [0.717, 1.165) is 58.2 Å². The van der Waals surface area contributed by atoms with E-state index in [9.17, 15) is 4.79 Å². The highest BCUT2D eigenvalue weighted by atomic mass is 16.5. The van der Waals surface area contributed by atoms with Gasteiger partial charge in [0, 0.05) is 13.2 Å². The lowest BCUT2D eigenvalue weighted by Gasteiger charge is -2.27. The van der Waals surface area contributed by atoms with Crippen LogP contribution in [0.5, 0.6) is 0 Å². The second kappa shape index (κ2) is 8.54. The van der Waals surface area contributed by atoms with Crippen LogP contribution in [0.2, 0.25) is 0 Å². The first-order chi connectivity index (χ1) is 9.10. The van der Waals surface area contributed by atoms with Crippen LogP contribution in [-0.4, -0.2) is 37.2 Å². The van der Waals surface area contributed by atoms with Gasteiger partial charge in [-0.15, -0.1) is 0 Å². The number of carbonyl (C=O) groups is 1. The van der Waals surface area contributed by atoms with Crippen molar-refractivity contribution in [3.8, 4) is 0 Å². The Labute approximate surface area is 117 Å². The minimum atomic E-state index is -0.289. The normalized spacial score (nSPS) is 22.9. The molecular formula is C15H30N2O2. The maximum absolute atomic E-state index is 12.3. The monoisotopic (exact) mass is 270 g/mol. The molecule has 0 spiro atoms. The van der Waals surface area contributed by atoms with Crippen molar-refractivity contribution in [2.75, 3.05) is 19.7 Å². The van der Waals surface area contributed by atoms with Gasteiger partial charge in [-0.1, -0.05) is 13.3 Å². The van der Waals surface area contributed by atoms with Gasteiger partial charge in [-0.05, 0) is 52.5 Å². The smallest absolute Gasteiger partial charge is 0.240 e. The predicted molar refractivity (Wildman–Crippen MR) is 78.2 cm³/mol. The van der Waals surface area contributed by atoms with Crippen molar-refractivity contribution in [1.82, 2.24) is 10.6 Å². The molecule has 4 nitrogen and oxygen atoms in total. The van der Waals surface area contributed by atoms with E-state index in [2.05, 4.69) is 17.6 Å². The average molecular weight is 270 g/mol. The molecule has 0 aromatic carbocycles. The number of hydrogen-bond acceptors (Lipinski definition) is 3. The Balaban J connectivity index is 2.18. The van der Waals surface area contributed by atoms with Crippen LogP contribution in [0, 0.1) is 0 Å². The molecule has 1 aliphatic heterocycles. The lowest BCUT2D eigenvalue weighted by molar-refractivity contribution is -0.127. The van der Waals surface area contributed by atoms with E-state index < -0.39 is 0 Å². The van der Waals surface area contributed by atoms with Crippen LogP contribution in [-0.2, 0) is 9.53 Å². The third kappa shape index (κ3) is 5.49. The summed E-state index contributed by atoms with van der Waals surface area (Å²) < 4.78 is 5.48. The summed E-state index contributed by atoms with van der Waals surface area (Å²) in [5, 5.41) is 6.48. The summed E-state index contributed by atoms with van der Waals surface area (Å²) in [5.41, 5.74) is -0.289. The molecule has 19 heavy (non-hydrogen) atoms. The Bertz CT molecular complexity index is 261. The van der Waals surface area contributed by atoms with Crippen molar-refractivity contribution in [3.05, 3.63) is 0 Å². The van der Waals surface area contributed by atoms with Gasteiger partial charge in [0.1, 0.15) is 0 Å². The van der Waals surface area contributed by atoms with Crippen LogP contribution in [0.4, 0.5) is 0 Å². The average Bonchev–Trinajstić information content (AvgIpc) is 2.83. The van der Waals surface area contributed by atoms with E-state index in [1.807, 2.05) is 13.8 Å². The van der Waals surface area contributed by atoms with E-state index in [4.69, 9.17) is 4.74 Å². The van der Waals surface area contributed by atoms with Gasteiger partial charge in [0.15, 0.2) is 0 Å². The predicted octanol–water partition coefficient (Wildman–Crippen LogP) is 2.23. The molecule has 1 aliphatic rings. The van der Waals surface area contributed by atoms with Crippen LogP contribution in [0.1, 0.15) is 59.3 Å². The molecule has 1 amide bonds. The van der Waals surface area contributed by atoms with Crippen LogP contribution < -0.4 is 10.6 Å². The molecule has 4 heteroatoms. The summed E-state index contributed by atoms with van der Waals surface area (Å²) in [6, 6.07) is 0. The molecule has 1 heterocycles. The van der Waals surface area contributed by atoms with Gasteiger partial charge in [0.2, 0.25) is 5.91 Å². The molecule has 0 aliphatic carbocycles. The molecule has 1 saturated heterocycles. The minimum absolute atomic E-state index is 0.191. The third-order valence-electron chi connectivity index (χ3n) is 3.66. The Kier molecular flexibility index (Phi) is 7.39. The number of nitrogens with one attached hydrogen (secondary N) is 2. The Morgan fingerprint density at radius 1 is 1.42 bits per heavy atom. The molecule has 2 N–H and O–H groups in total. The maximum Gasteiger partial charge on any atom is 0.240 e. The summed E-state index contributed by atoms with van der Waals surface area (Å²) in [5.74, 6) is 0.191. The standard InChI is InChI=1S/C15H30N2O2/c1-4-8-15(9-7-11-17-15)14(18)16-10-5-6-12-19-13(2)3/h13,17H,4-12H2,1-3H3,(H,16,18). The molecule has 0 radical (unpaired) electrons. The number of amides is 1.